The number of sulfonamides is 1. The Balaban J connectivity index is 1.61. The van der Waals surface area contributed by atoms with Gasteiger partial charge in [-0.3, -0.25) is 4.79 Å². The minimum atomic E-state index is -3.97. The fourth-order valence-corrected chi connectivity index (χ4v) is 5.43. The van der Waals surface area contributed by atoms with Crippen LogP contribution in [0, 0.1) is 0 Å². The Labute approximate surface area is 231 Å². The molecule has 1 saturated heterocycles. The Hall–Kier alpha value is -3.42. The number of piperidine rings is 1. The Kier molecular flexibility index (Phi) is 8.05. The summed E-state index contributed by atoms with van der Waals surface area (Å²) in [7, 11) is -3.97. The number of carbonyl (C=O) groups excluding carboxylic acids is 2. The average Bonchev–Trinajstić information content (AvgIpc) is 3.32. The summed E-state index contributed by atoms with van der Waals surface area (Å²) in [6.45, 7) is 5.92. The van der Waals surface area contributed by atoms with E-state index in [1.54, 1.807) is 51.2 Å². The van der Waals surface area contributed by atoms with E-state index in [0.29, 0.717) is 35.1 Å². The van der Waals surface area contributed by atoms with Crippen LogP contribution in [-0.4, -0.2) is 65.4 Å². The number of fused-ring (bicyclic) bond motifs is 1. The summed E-state index contributed by atoms with van der Waals surface area (Å²) < 4.78 is 29.5. The maximum atomic E-state index is 13.9. The number of nitrogens with two attached hydrogens (primary N) is 1. The van der Waals surface area contributed by atoms with Gasteiger partial charge in [0.25, 0.3) is 0 Å². The highest BCUT2D eigenvalue weighted by molar-refractivity contribution is 7.89. The number of alkyl carbamates (subject to hydrolysis) is 1. The largest absolute Gasteiger partial charge is 0.444 e. The predicted octanol–water partition coefficient (Wildman–Crippen LogP) is 2.62. The Morgan fingerprint density at radius 3 is 2.46 bits per heavy atom. The molecule has 0 spiro atoms. The van der Waals surface area contributed by atoms with Crippen LogP contribution in [0.3, 0.4) is 0 Å². The van der Waals surface area contributed by atoms with Crippen molar-refractivity contribution >= 4 is 50.5 Å². The standard InChI is InChI=1S/C25H32ClN7O5S/c1-24(2,3)38-23(35)32-25(9-12-33(13-10-25)21-18-8-11-28-20(18)29-15-30-21)22(34)31-19(14-39(27,36)37)16-4-6-17(26)7-5-16/h4-8,11,15,19H,9-10,12-14H2,1-3H3,(H,31,34)(H,32,35)(H2,27,36,37)(H,28,29,30). The highest BCUT2D eigenvalue weighted by Crippen LogP contribution is 2.31. The molecule has 2 amide bonds. The van der Waals surface area contributed by atoms with Crippen LogP contribution in [0.4, 0.5) is 10.6 Å². The van der Waals surface area contributed by atoms with Gasteiger partial charge in [0.05, 0.1) is 17.2 Å². The van der Waals surface area contributed by atoms with Crippen molar-refractivity contribution in [2.45, 2.75) is 50.8 Å². The van der Waals surface area contributed by atoms with Gasteiger partial charge in [0.2, 0.25) is 15.9 Å². The maximum Gasteiger partial charge on any atom is 0.408 e. The molecule has 3 aromatic rings. The smallest absolute Gasteiger partial charge is 0.408 e. The zero-order valence-corrected chi connectivity index (χ0v) is 23.5. The molecule has 1 fully saturated rings. The lowest BCUT2D eigenvalue weighted by atomic mass is 9.86. The monoisotopic (exact) mass is 577 g/mol. The van der Waals surface area contributed by atoms with Crippen molar-refractivity contribution in [3.8, 4) is 0 Å². The van der Waals surface area contributed by atoms with Crippen molar-refractivity contribution < 1.29 is 22.7 Å². The van der Waals surface area contributed by atoms with Crippen molar-refractivity contribution in [2.75, 3.05) is 23.7 Å². The molecule has 3 heterocycles. The van der Waals surface area contributed by atoms with E-state index >= 15 is 0 Å². The number of ether oxygens (including phenoxy) is 1. The van der Waals surface area contributed by atoms with E-state index in [9.17, 15) is 18.0 Å². The van der Waals surface area contributed by atoms with E-state index in [0.717, 1.165) is 5.39 Å². The van der Waals surface area contributed by atoms with Gasteiger partial charge in [-0.1, -0.05) is 23.7 Å². The van der Waals surface area contributed by atoms with Crippen molar-refractivity contribution in [2.24, 2.45) is 5.14 Å². The first-order valence-electron chi connectivity index (χ1n) is 12.4. The number of nitrogens with one attached hydrogen (secondary N) is 3. The van der Waals surface area contributed by atoms with E-state index < -0.39 is 45.0 Å². The van der Waals surface area contributed by atoms with Gasteiger partial charge < -0.3 is 25.3 Å². The molecule has 4 rings (SSSR count). The lowest BCUT2D eigenvalue weighted by Crippen LogP contribution is -2.64. The van der Waals surface area contributed by atoms with Gasteiger partial charge in [-0.2, -0.15) is 0 Å². The number of primary sulfonamides is 1. The summed E-state index contributed by atoms with van der Waals surface area (Å²) in [5, 5.41) is 12.2. The number of rotatable bonds is 7. The molecule has 0 saturated carbocycles. The summed E-state index contributed by atoms with van der Waals surface area (Å²) in [4.78, 5) is 40.5. The fraction of sp³-hybridized carbons (Fsp3) is 0.440. The second kappa shape index (κ2) is 11.0. The van der Waals surface area contributed by atoms with Crippen molar-refractivity contribution in [3.63, 3.8) is 0 Å². The van der Waals surface area contributed by atoms with Gasteiger partial charge >= 0.3 is 6.09 Å². The van der Waals surface area contributed by atoms with Gasteiger partial charge in [0.1, 0.15) is 28.9 Å². The van der Waals surface area contributed by atoms with Crippen LogP contribution < -0.4 is 20.7 Å². The predicted molar refractivity (Wildman–Crippen MR) is 148 cm³/mol. The molecule has 1 atom stereocenters. The van der Waals surface area contributed by atoms with Crippen LogP contribution in [0.25, 0.3) is 11.0 Å². The highest BCUT2D eigenvalue weighted by Gasteiger charge is 2.45. The van der Waals surface area contributed by atoms with Gasteiger partial charge in [-0.25, -0.2) is 28.3 Å². The fourth-order valence-electron chi connectivity index (χ4n) is 4.56. The van der Waals surface area contributed by atoms with Crippen LogP contribution >= 0.6 is 11.6 Å². The van der Waals surface area contributed by atoms with Gasteiger partial charge in [-0.15, -0.1) is 0 Å². The van der Waals surface area contributed by atoms with Crippen LogP contribution in [0.1, 0.15) is 45.2 Å². The molecule has 39 heavy (non-hydrogen) atoms. The van der Waals surface area contributed by atoms with E-state index in [4.69, 9.17) is 21.5 Å². The molecule has 0 aliphatic carbocycles. The Bertz CT molecular complexity index is 1450. The van der Waals surface area contributed by atoms with E-state index in [1.165, 1.54) is 6.33 Å². The third kappa shape index (κ3) is 7.16. The summed E-state index contributed by atoms with van der Waals surface area (Å²) in [6, 6.07) is 7.33. The quantitative estimate of drug-likeness (QED) is 0.331. The molecule has 0 bridgehead atoms. The van der Waals surface area contributed by atoms with Crippen LogP contribution in [0.2, 0.25) is 5.02 Å². The first-order chi connectivity index (χ1) is 18.2. The third-order valence-electron chi connectivity index (χ3n) is 6.40. The van der Waals surface area contributed by atoms with Crippen LogP contribution in [-0.2, 0) is 19.6 Å². The number of hydrogen-bond donors (Lipinski definition) is 4. The zero-order valence-electron chi connectivity index (χ0n) is 21.9. The molecule has 5 N–H and O–H groups in total. The molecule has 2 aromatic heterocycles. The topological polar surface area (TPSA) is 172 Å². The minimum Gasteiger partial charge on any atom is -0.444 e. The number of amides is 2. The number of benzene rings is 1. The third-order valence-corrected chi connectivity index (χ3v) is 7.45. The number of aromatic amines is 1. The molecule has 1 aliphatic heterocycles. The molecule has 1 aliphatic rings. The second-order valence-electron chi connectivity index (χ2n) is 10.5. The SMILES string of the molecule is CC(C)(C)OC(=O)NC1(C(=O)NC(CS(N)(=O)=O)c2ccc(Cl)cc2)CCN(c2ncnc3[nH]ccc23)CC1. The molecule has 1 aromatic carbocycles. The average molecular weight is 578 g/mol. The Morgan fingerprint density at radius 1 is 1.18 bits per heavy atom. The number of anilines is 1. The van der Waals surface area contributed by atoms with Crippen molar-refractivity contribution in [3.05, 3.63) is 53.4 Å². The zero-order chi connectivity index (χ0) is 28.4. The minimum absolute atomic E-state index is 0.205. The summed E-state index contributed by atoms with van der Waals surface area (Å²) in [6.07, 6.45) is 2.89. The molecular weight excluding hydrogens is 546 g/mol. The van der Waals surface area contributed by atoms with Gasteiger partial charge in [-0.05, 0) is 57.4 Å². The number of H-pyrrole nitrogens is 1. The van der Waals surface area contributed by atoms with E-state index in [2.05, 4.69) is 25.6 Å². The number of carbonyl (C=O) groups is 2. The molecule has 1 unspecified atom stereocenters. The highest BCUT2D eigenvalue weighted by atomic mass is 35.5. The van der Waals surface area contributed by atoms with Crippen molar-refractivity contribution in [1.29, 1.82) is 0 Å². The second-order valence-corrected chi connectivity index (χ2v) is 12.6. The first-order valence-corrected chi connectivity index (χ1v) is 14.5. The van der Waals surface area contributed by atoms with Crippen LogP contribution in [0.15, 0.2) is 42.9 Å². The number of hydrogen-bond acceptors (Lipinski definition) is 8. The summed E-state index contributed by atoms with van der Waals surface area (Å²) in [5.41, 5.74) is -0.979. The molecule has 210 valence electrons. The molecule has 14 heteroatoms. The maximum absolute atomic E-state index is 13.9. The lowest BCUT2D eigenvalue weighted by molar-refractivity contribution is -0.129. The normalized spacial score (nSPS) is 16.5. The lowest BCUT2D eigenvalue weighted by Gasteiger charge is -2.42. The molecule has 12 nitrogen and oxygen atoms in total. The Morgan fingerprint density at radius 2 is 1.85 bits per heavy atom. The first kappa shape index (κ1) is 28.6. The number of aromatic nitrogens is 3. The number of halogens is 1. The van der Waals surface area contributed by atoms with Gasteiger partial charge in [0, 0.05) is 24.3 Å². The summed E-state index contributed by atoms with van der Waals surface area (Å²) >= 11 is 6.00. The van der Waals surface area contributed by atoms with E-state index in [-0.39, 0.29) is 12.8 Å². The van der Waals surface area contributed by atoms with Gasteiger partial charge in [0.15, 0.2) is 0 Å². The summed E-state index contributed by atoms with van der Waals surface area (Å²) in [5.74, 6) is -0.381. The van der Waals surface area contributed by atoms with E-state index in [1.807, 2.05) is 11.0 Å². The van der Waals surface area contributed by atoms with Crippen molar-refractivity contribution in [1.82, 2.24) is 25.6 Å². The van der Waals surface area contributed by atoms with Crippen LogP contribution in [0.5, 0.6) is 0 Å². The molecule has 0 radical (unpaired) electrons. The number of nitrogens with zero attached hydrogens (tertiary/aromatic N) is 3. The molecular formula is C25H32ClN7O5S.